The van der Waals surface area contributed by atoms with Crippen molar-refractivity contribution in [2.75, 3.05) is 6.61 Å². The normalized spacial score (nSPS) is 11.4. The van der Waals surface area contributed by atoms with Crippen molar-refractivity contribution < 1.29 is 20.1 Å². The van der Waals surface area contributed by atoms with Crippen molar-refractivity contribution >= 4 is 5.97 Å². The van der Waals surface area contributed by atoms with Gasteiger partial charge in [0, 0.05) is 6.42 Å². The summed E-state index contributed by atoms with van der Waals surface area (Å²) in [6.07, 6.45) is 2.54. The summed E-state index contributed by atoms with van der Waals surface area (Å²) < 4.78 is 0. The van der Waals surface area contributed by atoms with Crippen LogP contribution in [0.3, 0.4) is 0 Å². The number of aliphatic carboxylic acids is 1. The Morgan fingerprint density at radius 2 is 1.85 bits per heavy atom. The quantitative estimate of drug-likeness (QED) is 0.607. The highest BCUT2D eigenvalue weighted by molar-refractivity contribution is 5.66. The van der Waals surface area contributed by atoms with E-state index in [4.69, 9.17) is 15.3 Å². The molecule has 0 aromatic rings. The molecule has 80 valence electrons. The molecule has 0 aromatic heterocycles. The molecule has 0 aliphatic rings. The first-order chi connectivity index (χ1) is 6.08. The van der Waals surface area contributed by atoms with Crippen molar-refractivity contribution in [3.8, 4) is 0 Å². The zero-order chi connectivity index (χ0) is 10.7. The van der Waals surface area contributed by atoms with E-state index in [-0.39, 0.29) is 13.0 Å². The minimum atomic E-state index is -0.745. The fraction of sp³-hybridized carbons (Fsp3) is 0.889. The van der Waals surface area contributed by atoms with Gasteiger partial charge in [0.2, 0.25) is 0 Å². The third kappa shape index (κ3) is 18.4. The number of hydrogen-bond acceptors (Lipinski definition) is 3. The van der Waals surface area contributed by atoms with Gasteiger partial charge in [-0.15, -0.1) is 0 Å². The highest BCUT2D eigenvalue weighted by Gasteiger charge is 1.97. The number of carboxylic acids is 1. The summed E-state index contributed by atoms with van der Waals surface area (Å²) in [7, 11) is 0. The van der Waals surface area contributed by atoms with Gasteiger partial charge in [-0.25, -0.2) is 0 Å². The third-order valence-electron chi connectivity index (χ3n) is 1.40. The zero-order valence-electron chi connectivity index (χ0n) is 8.36. The van der Waals surface area contributed by atoms with Crippen LogP contribution in [0.1, 0.15) is 39.5 Å². The summed E-state index contributed by atoms with van der Waals surface area (Å²) in [6, 6.07) is 0. The van der Waals surface area contributed by atoms with Gasteiger partial charge in [0.05, 0.1) is 12.7 Å². The largest absolute Gasteiger partial charge is 0.481 e. The first-order valence-electron chi connectivity index (χ1n) is 4.59. The lowest BCUT2D eigenvalue weighted by molar-refractivity contribution is -0.136. The minimum absolute atomic E-state index is 0.0972. The van der Waals surface area contributed by atoms with Crippen LogP contribution in [0.25, 0.3) is 0 Å². The van der Waals surface area contributed by atoms with Crippen molar-refractivity contribution in [2.24, 2.45) is 0 Å². The van der Waals surface area contributed by atoms with Crippen molar-refractivity contribution in [2.45, 2.75) is 45.6 Å². The molecule has 0 fully saturated rings. The molecule has 0 spiro atoms. The Kier molecular flexibility index (Phi) is 13.0. The smallest absolute Gasteiger partial charge is 0.303 e. The van der Waals surface area contributed by atoms with Gasteiger partial charge in [0.1, 0.15) is 0 Å². The molecule has 0 radical (unpaired) electrons. The molecule has 0 saturated carbocycles. The molecular formula is C9H20O4. The Balaban J connectivity index is 0. The first-order valence-corrected chi connectivity index (χ1v) is 4.59. The van der Waals surface area contributed by atoms with E-state index in [0.717, 1.165) is 19.3 Å². The second-order valence-corrected chi connectivity index (χ2v) is 2.73. The van der Waals surface area contributed by atoms with Crippen molar-refractivity contribution in [1.82, 2.24) is 0 Å². The fourth-order valence-electron chi connectivity index (χ4n) is 0.531. The molecule has 0 aliphatic heterocycles. The summed E-state index contributed by atoms with van der Waals surface area (Å²) in [5.74, 6) is -0.745. The third-order valence-corrected chi connectivity index (χ3v) is 1.40. The van der Waals surface area contributed by atoms with Crippen LogP contribution in [-0.4, -0.2) is 34.0 Å². The van der Waals surface area contributed by atoms with E-state index in [9.17, 15) is 4.79 Å². The van der Waals surface area contributed by atoms with E-state index in [1.807, 2.05) is 0 Å². The monoisotopic (exact) mass is 192 g/mol. The van der Waals surface area contributed by atoms with Crippen LogP contribution in [0.4, 0.5) is 0 Å². The van der Waals surface area contributed by atoms with E-state index < -0.39 is 12.1 Å². The van der Waals surface area contributed by atoms with Crippen molar-refractivity contribution in [3.63, 3.8) is 0 Å². The van der Waals surface area contributed by atoms with Crippen LogP contribution < -0.4 is 0 Å². The van der Waals surface area contributed by atoms with Crippen LogP contribution in [0.5, 0.6) is 0 Å². The number of unbranched alkanes of at least 4 members (excludes halogenated alkanes) is 1. The molecule has 0 aromatic carbocycles. The molecule has 4 nitrogen and oxygen atoms in total. The molecule has 1 atom stereocenters. The number of carboxylic acid groups (broad SMARTS) is 1. The molecular weight excluding hydrogens is 172 g/mol. The van der Waals surface area contributed by atoms with Gasteiger partial charge < -0.3 is 15.3 Å². The fourth-order valence-corrected chi connectivity index (χ4v) is 0.531. The van der Waals surface area contributed by atoms with E-state index in [0.29, 0.717) is 0 Å². The Labute approximate surface area is 79.2 Å². The number of carbonyl (C=O) groups is 1. The van der Waals surface area contributed by atoms with Crippen molar-refractivity contribution in [3.05, 3.63) is 0 Å². The molecule has 4 heteroatoms. The van der Waals surface area contributed by atoms with Crippen LogP contribution in [0, 0.1) is 0 Å². The van der Waals surface area contributed by atoms with Gasteiger partial charge in [0.15, 0.2) is 0 Å². The average Bonchev–Trinajstić information content (AvgIpc) is 2.15. The standard InChI is InChI=1S/C6H14O2.C3H6O2/c1-2-3-4-6(8)5-7;1-2-3(4)5/h6-8H,2-5H2,1H3;2H2,1H3,(H,4,5). The lowest BCUT2D eigenvalue weighted by atomic mass is 10.2. The van der Waals surface area contributed by atoms with Gasteiger partial charge in [0.25, 0.3) is 0 Å². The molecule has 0 saturated heterocycles. The van der Waals surface area contributed by atoms with E-state index in [1.165, 1.54) is 0 Å². The molecule has 0 heterocycles. The van der Waals surface area contributed by atoms with Crippen LogP contribution >= 0.6 is 0 Å². The molecule has 0 bridgehead atoms. The molecule has 13 heavy (non-hydrogen) atoms. The van der Waals surface area contributed by atoms with Crippen LogP contribution in [-0.2, 0) is 4.79 Å². The lowest BCUT2D eigenvalue weighted by Gasteiger charge is -2.02. The maximum absolute atomic E-state index is 9.37. The molecule has 0 amide bonds. The Bertz CT molecular complexity index is 114. The zero-order valence-corrected chi connectivity index (χ0v) is 8.36. The minimum Gasteiger partial charge on any atom is -0.481 e. The molecule has 3 N–H and O–H groups in total. The van der Waals surface area contributed by atoms with Crippen molar-refractivity contribution in [1.29, 1.82) is 0 Å². The lowest BCUT2D eigenvalue weighted by Crippen LogP contribution is -2.10. The van der Waals surface area contributed by atoms with Gasteiger partial charge in [-0.05, 0) is 6.42 Å². The average molecular weight is 192 g/mol. The van der Waals surface area contributed by atoms with Crippen LogP contribution in [0.15, 0.2) is 0 Å². The second-order valence-electron chi connectivity index (χ2n) is 2.73. The van der Waals surface area contributed by atoms with Gasteiger partial charge in [-0.2, -0.15) is 0 Å². The first kappa shape index (κ1) is 14.9. The predicted molar refractivity (Wildman–Crippen MR) is 50.5 cm³/mol. The van der Waals surface area contributed by atoms with E-state index in [1.54, 1.807) is 6.92 Å². The predicted octanol–water partition coefficient (Wildman–Crippen LogP) is 1.01. The Morgan fingerprint density at radius 1 is 1.38 bits per heavy atom. The maximum atomic E-state index is 9.37. The number of rotatable bonds is 5. The summed E-state index contributed by atoms with van der Waals surface area (Å²) >= 11 is 0. The van der Waals surface area contributed by atoms with Gasteiger partial charge >= 0.3 is 5.97 Å². The number of hydrogen-bond donors (Lipinski definition) is 3. The van der Waals surface area contributed by atoms with E-state index >= 15 is 0 Å². The van der Waals surface area contributed by atoms with Gasteiger partial charge in [-0.1, -0.05) is 26.7 Å². The number of aliphatic hydroxyl groups excluding tert-OH is 2. The summed E-state index contributed by atoms with van der Waals surface area (Å²) in [4.78, 5) is 9.37. The molecule has 0 rings (SSSR count). The Hall–Kier alpha value is -0.610. The van der Waals surface area contributed by atoms with E-state index in [2.05, 4.69) is 6.92 Å². The van der Waals surface area contributed by atoms with Crippen LogP contribution in [0.2, 0.25) is 0 Å². The molecule has 0 aliphatic carbocycles. The summed E-state index contributed by atoms with van der Waals surface area (Å²) in [5.41, 5.74) is 0. The number of aliphatic hydroxyl groups is 2. The molecule has 1 unspecified atom stereocenters. The highest BCUT2D eigenvalue weighted by Crippen LogP contribution is 1.97. The maximum Gasteiger partial charge on any atom is 0.303 e. The summed E-state index contributed by atoms with van der Waals surface area (Å²) in [5, 5.41) is 24.8. The topological polar surface area (TPSA) is 77.8 Å². The summed E-state index contributed by atoms with van der Waals surface area (Å²) in [6.45, 7) is 3.56. The SMILES string of the molecule is CCC(=O)O.CCCCC(O)CO. The second kappa shape index (κ2) is 11.4. The Morgan fingerprint density at radius 3 is 2.08 bits per heavy atom. The highest BCUT2D eigenvalue weighted by atomic mass is 16.4. The van der Waals surface area contributed by atoms with Gasteiger partial charge in [-0.3, -0.25) is 4.79 Å².